The van der Waals surface area contributed by atoms with Gasteiger partial charge in [0.05, 0.1) is 0 Å². The second kappa shape index (κ2) is 3.81. The maximum atomic E-state index is 11.4. The SMILES string of the molecule is CCc1ccc2c(C)c(Br)c(=O)oc2c1. The molecule has 2 aromatic rings. The molecule has 1 heterocycles. The molecule has 0 fully saturated rings. The van der Waals surface area contributed by atoms with Crippen LogP contribution in [0.1, 0.15) is 18.1 Å². The summed E-state index contributed by atoms with van der Waals surface area (Å²) in [5, 5.41) is 0.985. The molecule has 1 aromatic heterocycles. The average molecular weight is 267 g/mol. The predicted octanol–water partition coefficient (Wildman–Crippen LogP) is 3.43. The quantitative estimate of drug-likeness (QED) is 0.741. The third kappa shape index (κ3) is 1.72. The van der Waals surface area contributed by atoms with Gasteiger partial charge in [0.2, 0.25) is 0 Å². The van der Waals surface area contributed by atoms with Crippen molar-refractivity contribution < 1.29 is 4.42 Å². The van der Waals surface area contributed by atoms with Gasteiger partial charge in [0.15, 0.2) is 0 Å². The molecule has 0 N–H and O–H groups in total. The highest BCUT2D eigenvalue weighted by Gasteiger charge is 2.08. The summed E-state index contributed by atoms with van der Waals surface area (Å²) < 4.78 is 5.73. The summed E-state index contributed by atoms with van der Waals surface area (Å²) in [5.74, 6) is 0. The Labute approximate surface area is 96.0 Å². The molecule has 0 aliphatic heterocycles. The zero-order valence-corrected chi connectivity index (χ0v) is 10.2. The van der Waals surface area contributed by atoms with Gasteiger partial charge in [-0.25, -0.2) is 4.79 Å². The van der Waals surface area contributed by atoms with Crippen molar-refractivity contribution in [2.45, 2.75) is 20.3 Å². The van der Waals surface area contributed by atoms with E-state index in [1.54, 1.807) is 0 Å². The fourth-order valence-electron chi connectivity index (χ4n) is 1.60. The first-order chi connectivity index (χ1) is 7.13. The van der Waals surface area contributed by atoms with Gasteiger partial charge in [-0.2, -0.15) is 0 Å². The van der Waals surface area contributed by atoms with E-state index in [0.717, 1.165) is 17.4 Å². The Morgan fingerprint density at radius 2 is 2.13 bits per heavy atom. The van der Waals surface area contributed by atoms with E-state index in [1.165, 1.54) is 5.56 Å². The van der Waals surface area contributed by atoms with Crippen LogP contribution < -0.4 is 5.63 Å². The summed E-state index contributed by atoms with van der Waals surface area (Å²) in [5.41, 5.74) is 2.46. The van der Waals surface area contributed by atoms with Crippen molar-refractivity contribution in [2.24, 2.45) is 0 Å². The molecule has 0 saturated carbocycles. The van der Waals surface area contributed by atoms with Crippen molar-refractivity contribution in [3.63, 3.8) is 0 Å². The molecular formula is C12H11BrO2. The number of hydrogen-bond acceptors (Lipinski definition) is 2. The Balaban J connectivity index is 2.86. The highest BCUT2D eigenvalue weighted by molar-refractivity contribution is 9.10. The Morgan fingerprint density at radius 3 is 2.80 bits per heavy atom. The standard InChI is InChI=1S/C12H11BrO2/c1-3-8-4-5-9-7(2)11(13)12(14)15-10(9)6-8/h4-6H,3H2,1-2H3. The fraction of sp³-hybridized carbons (Fsp3) is 0.250. The van der Waals surface area contributed by atoms with Gasteiger partial charge < -0.3 is 4.42 Å². The van der Waals surface area contributed by atoms with Crippen molar-refractivity contribution in [2.75, 3.05) is 0 Å². The summed E-state index contributed by atoms with van der Waals surface area (Å²) in [4.78, 5) is 11.4. The minimum absolute atomic E-state index is 0.312. The molecule has 0 atom stereocenters. The molecule has 0 radical (unpaired) electrons. The molecule has 0 unspecified atom stereocenters. The summed E-state index contributed by atoms with van der Waals surface area (Å²) in [6.45, 7) is 3.99. The first-order valence-electron chi connectivity index (χ1n) is 4.85. The van der Waals surface area contributed by atoms with E-state index in [9.17, 15) is 4.79 Å². The van der Waals surface area contributed by atoms with Gasteiger partial charge in [0.25, 0.3) is 0 Å². The molecular weight excluding hydrogens is 256 g/mol. The lowest BCUT2D eigenvalue weighted by atomic mass is 10.1. The van der Waals surface area contributed by atoms with Crippen molar-refractivity contribution in [1.82, 2.24) is 0 Å². The van der Waals surface area contributed by atoms with Crippen LogP contribution in [0.2, 0.25) is 0 Å². The van der Waals surface area contributed by atoms with Crippen molar-refractivity contribution >= 4 is 26.9 Å². The summed E-state index contributed by atoms with van der Waals surface area (Å²) in [6.07, 6.45) is 0.939. The second-order valence-electron chi connectivity index (χ2n) is 3.51. The molecule has 0 amide bonds. The number of halogens is 1. The zero-order chi connectivity index (χ0) is 11.0. The topological polar surface area (TPSA) is 30.2 Å². The average Bonchev–Trinajstić information content (AvgIpc) is 2.25. The van der Waals surface area contributed by atoms with Gasteiger partial charge in [-0.1, -0.05) is 19.1 Å². The number of rotatable bonds is 1. The molecule has 0 spiro atoms. The third-order valence-corrected chi connectivity index (χ3v) is 3.49. The lowest BCUT2D eigenvalue weighted by molar-refractivity contribution is 0.555. The molecule has 1 aromatic carbocycles. The summed E-state index contributed by atoms with van der Waals surface area (Å²) in [7, 11) is 0. The zero-order valence-electron chi connectivity index (χ0n) is 8.63. The first kappa shape index (κ1) is 10.4. The molecule has 15 heavy (non-hydrogen) atoms. The Kier molecular flexibility index (Phi) is 2.65. The van der Waals surface area contributed by atoms with Crippen LogP contribution in [0.5, 0.6) is 0 Å². The van der Waals surface area contributed by atoms with E-state index < -0.39 is 0 Å². The van der Waals surface area contributed by atoms with Crippen LogP contribution in [-0.2, 0) is 6.42 Å². The van der Waals surface area contributed by atoms with Gasteiger partial charge in [0, 0.05) is 5.39 Å². The van der Waals surface area contributed by atoms with Crippen LogP contribution >= 0.6 is 15.9 Å². The van der Waals surface area contributed by atoms with Gasteiger partial charge in [-0.15, -0.1) is 0 Å². The molecule has 78 valence electrons. The largest absolute Gasteiger partial charge is 0.422 e. The highest BCUT2D eigenvalue weighted by atomic mass is 79.9. The Bertz CT molecular complexity index is 570. The van der Waals surface area contributed by atoms with E-state index in [1.807, 2.05) is 19.1 Å². The van der Waals surface area contributed by atoms with Crippen molar-refractivity contribution in [1.29, 1.82) is 0 Å². The lowest BCUT2D eigenvalue weighted by Crippen LogP contribution is -2.02. The van der Waals surface area contributed by atoms with Crippen LogP contribution in [0.15, 0.2) is 31.9 Å². The normalized spacial score (nSPS) is 10.9. The third-order valence-electron chi connectivity index (χ3n) is 2.57. The monoisotopic (exact) mass is 266 g/mol. The highest BCUT2D eigenvalue weighted by Crippen LogP contribution is 2.23. The second-order valence-corrected chi connectivity index (χ2v) is 4.31. The Morgan fingerprint density at radius 1 is 1.40 bits per heavy atom. The number of benzene rings is 1. The van der Waals surface area contributed by atoms with Crippen LogP contribution in [0, 0.1) is 6.92 Å². The van der Waals surface area contributed by atoms with Crippen molar-refractivity contribution in [3.8, 4) is 0 Å². The predicted molar refractivity (Wildman–Crippen MR) is 64.3 cm³/mol. The van der Waals surface area contributed by atoms with Crippen LogP contribution in [0.3, 0.4) is 0 Å². The minimum atomic E-state index is -0.312. The van der Waals surface area contributed by atoms with E-state index in [4.69, 9.17) is 4.42 Å². The fourth-order valence-corrected chi connectivity index (χ4v) is 1.89. The first-order valence-corrected chi connectivity index (χ1v) is 5.64. The molecule has 0 saturated heterocycles. The summed E-state index contributed by atoms with van der Waals surface area (Å²) >= 11 is 3.23. The van der Waals surface area contributed by atoms with Gasteiger partial charge in [0.1, 0.15) is 10.1 Å². The number of hydrogen-bond donors (Lipinski definition) is 0. The van der Waals surface area contributed by atoms with Crippen molar-refractivity contribution in [3.05, 3.63) is 44.2 Å². The van der Waals surface area contributed by atoms with Gasteiger partial charge in [-0.05, 0) is 46.5 Å². The molecule has 0 aliphatic rings. The van der Waals surface area contributed by atoms with Crippen LogP contribution in [-0.4, -0.2) is 0 Å². The van der Waals surface area contributed by atoms with E-state index >= 15 is 0 Å². The minimum Gasteiger partial charge on any atom is -0.422 e. The Hall–Kier alpha value is -1.09. The van der Waals surface area contributed by atoms with Crippen LogP contribution in [0.25, 0.3) is 11.0 Å². The molecule has 2 nitrogen and oxygen atoms in total. The molecule has 3 heteroatoms. The van der Waals surface area contributed by atoms with Gasteiger partial charge in [-0.3, -0.25) is 0 Å². The lowest BCUT2D eigenvalue weighted by Gasteiger charge is -2.04. The van der Waals surface area contributed by atoms with E-state index in [2.05, 4.69) is 28.9 Å². The van der Waals surface area contributed by atoms with Gasteiger partial charge >= 0.3 is 5.63 Å². The maximum absolute atomic E-state index is 11.4. The van der Waals surface area contributed by atoms with E-state index in [0.29, 0.717) is 10.1 Å². The smallest absolute Gasteiger partial charge is 0.350 e. The number of aryl methyl sites for hydroxylation is 2. The van der Waals surface area contributed by atoms with Crippen LogP contribution in [0.4, 0.5) is 0 Å². The molecule has 0 aliphatic carbocycles. The maximum Gasteiger partial charge on any atom is 0.350 e. The molecule has 2 rings (SSSR count). The molecule has 0 bridgehead atoms. The number of fused-ring (bicyclic) bond motifs is 1. The summed E-state index contributed by atoms with van der Waals surface area (Å²) in [6, 6.07) is 5.98. The van der Waals surface area contributed by atoms with E-state index in [-0.39, 0.29) is 5.63 Å².